The molecule has 138 valence electrons. The van der Waals surface area contributed by atoms with Gasteiger partial charge in [0.2, 0.25) is 0 Å². The number of hydrogen-bond donors (Lipinski definition) is 1. The van der Waals surface area contributed by atoms with Crippen molar-refractivity contribution in [3.05, 3.63) is 46.9 Å². The Morgan fingerprint density at radius 1 is 1.38 bits per heavy atom. The fraction of sp³-hybridized carbons (Fsp3) is 0.333. The van der Waals surface area contributed by atoms with Crippen LogP contribution in [0.1, 0.15) is 33.7 Å². The Labute approximate surface area is 148 Å². The average Bonchev–Trinajstić information content (AvgIpc) is 2.92. The van der Waals surface area contributed by atoms with E-state index < -0.39 is 19.0 Å². The summed E-state index contributed by atoms with van der Waals surface area (Å²) in [5, 5.41) is 8.99. The Morgan fingerprint density at radius 3 is 2.85 bits per heavy atom. The number of anilines is 1. The average molecular weight is 365 g/mol. The van der Waals surface area contributed by atoms with Crippen LogP contribution in [0.3, 0.4) is 0 Å². The number of carbonyl (C=O) groups is 2. The number of nitrogens with zero attached hydrogens (tertiary/aromatic N) is 1. The molecule has 26 heavy (non-hydrogen) atoms. The topological polar surface area (TPSA) is 80.0 Å². The van der Waals surface area contributed by atoms with Gasteiger partial charge in [0.15, 0.2) is 0 Å². The molecule has 3 rings (SSSR count). The van der Waals surface area contributed by atoms with Crippen LogP contribution in [0.2, 0.25) is 0 Å². The van der Waals surface area contributed by atoms with Crippen LogP contribution < -0.4 is 9.64 Å². The Bertz CT molecular complexity index is 846. The van der Waals surface area contributed by atoms with Crippen LogP contribution in [-0.4, -0.2) is 30.1 Å². The molecule has 0 radical (unpaired) electrons. The number of aryl methyl sites for hydroxylation is 2. The highest BCUT2D eigenvalue weighted by Gasteiger charge is 2.29. The third-order valence-electron chi connectivity index (χ3n) is 4.22. The van der Waals surface area contributed by atoms with Gasteiger partial charge in [0.1, 0.15) is 17.9 Å². The first kappa shape index (κ1) is 17.9. The molecule has 0 saturated carbocycles. The lowest BCUT2D eigenvalue weighted by atomic mass is 9.99. The zero-order valence-electron chi connectivity index (χ0n) is 14.0. The lowest BCUT2D eigenvalue weighted by Gasteiger charge is -2.30. The lowest BCUT2D eigenvalue weighted by molar-refractivity contribution is -0.136. The van der Waals surface area contributed by atoms with Crippen molar-refractivity contribution in [2.24, 2.45) is 0 Å². The summed E-state index contributed by atoms with van der Waals surface area (Å²) in [6, 6.07) is 4.45. The first-order valence-corrected chi connectivity index (χ1v) is 8.05. The normalized spacial score (nSPS) is 13.6. The monoisotopic (exact) mass is 365 g/mol. The zero-order chi connectivity index (χ0) is 18.8. The molecule has 6 nitrogen and oxygen atoms in total. The van der Waals surface area contributed by atoms with E-state index in [1.807, 2.05) is 0 Å². The number of carbonyl (C=O) groups excluding carboxylic acids is 1. The largest absolute Gasteiger partial charge is 0.481 e. The van der Waals surface area contributed by atoms with Gasteiger partial charge in [-0.05, 0) is 43.5 Å². The Hall–Kier alpha value is -2.90. The minimum absolute atomic E-state index is 0.0408. The van der Waals surface area contributed by atoms with Gasteiger partial charge in [-0.1, -0.05) is 0 Å². The van der Waals surface area contributed by atoms with Gasteiger partial charge in [0, 0.05) is 17.8 Å². The van der Waals surface area contributed by atoms with E-state index >= 15 is 0 Å². The van der Waals surface area contributed by atoms with Crippen molar-refractivity contribution in [2.45, 2.75) is 32.8 Å². The molecule has 0 bridgehead atoms. The SMILES string of the molecule is Cc1coc(CC(=O)O)c1C(=O)N1CCCc2cc(OC(F)F)ccc21. The molecule has 1 aliphatic heterocycles. The number of rotatable bonds is 5. The molecule has 2 aromatic rings. The molecule has 0 fully saturated rings. The molecule has 0 aliphatic carbocycles. The first-order chi connectivity index (χ1) is 12.4. The highest BCUT2D eigenvalue weighted by molar-refractivity contribution is 6.08. The van der Waals surface area contributed by atoms with E-state index in [9.17, 15) is 18.4 Å². The van der Waals surface area contributed by atoms with Gasteiger partial charge in [-0.3, -0.25) is 9.59 Å². The molecule has 0 saturated heterocycles. The second-order valence-electron chi connectivity index (χ2n) is 6.02. The minimum atomic E-state index is -2.92. The molecule has 0 unspecified atom stereocenters. The second kappa shape index (κ2) is 7.15. The number of furan rings is 1. The number of amides is 1. The number of aliphatic carboxylic acids is 1. The predicted molar refractivity (Wildman–Crippen MR) is 87.9 cm³/mol. The first-order valence-electron chi connectivity index (χ1n) is 8.05. The standard InChI is InChI=1S/C18H17F2NO5/c1-10-9-25-14(8-15(22)23)16(10)17(24)21-6-2-3-11-7-12(26-18(19)20)4-5-13(11)21/h4-5,7,9,18H,2-3,6,8H2,1H3,(H,22,23). The van der Waals surface area contributed by atoms with Crippen molar-refractivity contribution in [2.75, 3.05) is 11.4 Å². The summed E-state index contributed by atoms with van der Waals surface area (Å²) in [6.07, 6.45) is 2.25. The van der Waals surface area contributed by atoms with Crippen molar-refractivity contribution in [3.8, 4) is 5.75 Å². The summed E-state index contributed by atoms with van der Waals surface area (Å²) < 4.78 is 34.4. The molecule has 0 spiro atoms. The molecule has 0 atom stereocenters. The quantitative estimate of drug-likeness (QED) is 0.878. The van der Waals surface area contributed by atoms with Crippen molar-refractivity contribution in [1.29, 1.82) is 0 Å². The number of carboxylic acid groups (broad SMARTS) is 1. The van der Waals surface area contributed by atoms with E-state index in [0.717, 1.165) is 5.56 Å². The summed E-state index contributed by atoms with van der Waals surface area (Å²) >= 11 is 0. The van der Waals surface area contributed by atoms with E-state index in [4.69, 9.17) is 9.52 Å². The third-order valence-corrected chi connectivity index (χ3v) is 4.22. The zero-order valence-corrected chi connectivity index (χ0v) is 14.0. The van der Waals surface area contributed by atoms with Gasteiger partial charge < -0.3 is 19.2 Å². The van der Waals surface area contributed by atoms with E-state index in [1.54, 1.807) is 13.0 Å². The number of carboxylic acids is 1. The summed E-state index contributed by atoms with van der Waals surface area (Å²) in [6.45, 7) is -0.800. The van der Waals surface area contributed by atoms with Crippen LogP contribution in [0.25, 0.3) is 0 Å². The Balaban J connectivity index is 1.94. The second-order valence-corrected chi connectivity index (χ2v) is 6.02. The molecule has 8 heteroatoms. The molecule has 1 aromatic heterocycles. The van der Waals surface area contributed by atoms with Crippen molar-refractivity contribution < 1.29 is 32.6 Å². The summed E-state index contributed by atoms with van der Waals surface area (Å²) in [5.41, 5.74) is 2.11. The smallest absolute Gasteiger partial charge is 0.387 e. The predicted octanol–water partition coefficient (Wildman–Crippen LogP) is 3.41. The maximum Gasteiger partial charge on any atom is 0.387 e. The Morgan fingerprint density at radius 2 is 2.15 bits per heavy atom. The molecular formula is C18H17F2NO5. The number of hydrogen-bond acceptors (Lipinski definition) is 4. The fourth-order valence-corrected chi connectivity index (χ4v) is 3.15. The van der Waals surface area contributed by atoms with Crippen LogP contribution in [0.5, 0.6) is 5.75 Å². The Kier molecular flexibility index (Phi) is 4.92. The van der Waals surface area contributed by atoms with Crippen LogP contribution in [-0.2, 0) is 17.6 Å². The highest BCUT2D eigenvalue weighted by Crippen LogP contribution is 2.33. The number of halogens is 2. The summed E-state index contributed by atoms with van der Waals surface area (Å²) in [5.74, 6) is -1.32. The summed E-state index contributed by atoms with van der Waals surface area (Å²) in [7, 11) is 0. The van der Waals surface area contributed by atoms with Gasteiger partial charge in [-0.25, -0.2) is 0 Å². The van der Waals surface area contributed by atoms with Crippen LogP contribution in [0.15, 0.2) is 28.9 Å². The van der Waals surface area contributed by atoms with Gasteiger partial charge in [0.25, 0.3) is 5.91 Å². The molecule has 1 N–H and O–H groups in total. The van der Waals surface area contributed by atoms with Crippen LogP contribution in [0, 0.1) is 6.92 Å². The molecular weight excluding hydrogens is 348 g/mol. The summed E-state index contributed by atoms with van der Waals surface area (Å²) in [4.78, 5) is 25.5. The van der Waals surface area contributed by atoms with E-state index in [2.05, 4.69) is 4.74 Å². The number of benzene rings is 1. The maximum absolute atomic E-state index is 13.0. The molecule has 1 amide bonds. The molecule has 1 aliphatic rings. The van der Waals surface area contributed by atoms with E-state index in [1.165, 1.54) is 23.3 Å². The van der Waals surface area contributed by atoms with Crippen molar-refractivity contribution in [3.63, 3.8) is 0 Å². The van der Waals surface area contributed by atoms with E-state index in [0.29, 0.717) is 30.6 Å². The number of ether oxygens (including phenoxy) is 1. The lowest BCUT2D eigenvalue weighted by Crippen LogP contribution is -2.36. The maximum atomic E-state index is 13.0. The van der Waals surface area contributed by atoms with Gasteiger partial charge in [-0.2, -0.15) is 8.78 Å². The number of alkyl halides is 2. The van der Waals surface area contributed by atoms with Crippen molar-refractivity contribution in [1.82, 2.24) is 0 Å². The highest BCUT2D eigenvalue weighted by atomic mass is 19.3. The van der Waals surface area contributed by atoms with Gasteiger partial charge in [-0.15, -0.1) is 0 Å². The van der Waals surface area contributed by atoms with Gasteiger partial charge >= 0.3 is 12.6 Å². The van der Waals surface area contributed by atoms with Crippen LogP contribution >= 0.6 is 0 Å². The van der Waals surface area contributed by atoms with Crippen LogP contribution in [0.4, 0.5) is 14.5 Å². The van der Waals surface area contributed by atoms with E-state index in [-0.39, 0.29) is 23.0 Å². The minimum Gasteiger partial charge on any atom is -0.481 e. The van der Waals surface area contributed by atoms with Gasteiger partial charge in [0.05, 0.1) is 11.8 Å². The fourth-order valence-electron chi connectivity index (χ4n) is 3.15. The van der Waals surface area contributed by atoms with Crippen molar-refractivity contribution >= 4 is 17.6 Å². The third kappa shape index (κ3) is 3.54. The molecule has 1 aromatic carbocycles. The molecule has 2 heterocycles. The number of fused-ring (bicyclic) bond motifs is 1.